The maximum atomic E-state index is 13.4. The molecule has 3 aliphatic rings. The first-order valence-corrected chi connectivity index (χ1v) is 12.8. The second-order valence-electron chi connectivity index (χ2n) is 12.4. The van der Waals surface area contributed by atoms with Crippen LogP contribution in [0.4, 0.5) is 0 Å². The van der Waals surface area contributed by atoms with E-state index >= 15 is 0 Å². The van der Waals surface area contributed by atoms with Crippen molar-refractivity contribution < 1.29 is 23.8 Å². The molecule has 5 heteroatoms. The summed E-state index contributed by atoms with van der Waals surface area (Å²) in [6, 6.07) is 6.96. The molecule has 1 saturated heterocycles. The lowest BCUT2D eigenvalue weighted by Gasteiger charge is -2.34. The van der Waals surface area contributed by atoms with E-state index in [-0.39, 0.29) is 23.2 Å². The standard InChI is InChI=1S/C29H42O5/c1-17(2)19-12-20(18(3)4)14-21(13-19)28(8)22(15-32-9)23(28)16-33-25(31)29-11-10-27(7,24(30)34-29)26(29,5)6/h12-14,17-18,22-23H,10-11,15-16H2,1-9H3/t22-,23-,27?,28+,29?/m0/s1. The van der Waals surface area contributed by atoms with Gasteiger partial charge in [-0.25, -0.2) is 4.79 Å². The molecule has 5 nitrogen and oxygen atoms in total. The van der Waals surface area contributed by atoms with Crippen LogP contribution in [0.15, 0.2) is 18.2 Å². The van der Waals surface area contributed by atoms with E-state index in [9.17, 15) is 9.59 Å². The highest BCUT2D eigenvalue weighted by Crippen LogP contribution is 2.66. The number of rotatable bonds is 8. The van der Waals surface area contributed by atoms with Crippen LogP contribution in [0.5, 0.6) is 0 Å². The van der Waals surface area contributed by atoms with Crippen LogP contribution < -0.4 is 0 Å². The summed E-state index contributed by atoms with van der Waals surface area (Å²) in [4.78, 5) is 26.0. The number of carbonyl (C=O) groups is 2. The van der Waals surface area contributed by atoms with E-state index in [1.165, 1.54) is 16.7 Å². The Hall–Kier alpha value is -1.88. The Morgan fingerprint density at radius 1 is 0.971 bits per heavy atom. The SMILES string of the molecule is COC[C@H]1[C@H](COC(=O)C23CCC(C)(C(=O)O2)C3(C)C)[C@]1(C)c1cc(C(C)C)cc(C(C)C)c1. The Morgan fingerprint density at radius 2 is 1.53 bits per heavy atom. The highest BCUT2D eigenvalue weighted by molar-refractivity contribution is 5.93. The van der Waals surface area contributed by atoms with Gasteiger partial charge in [-0.3, -0.25) is 4.79 Å². The van der Waals surface area contributed by atoms with Gasteiger partial charge in [0.25, 0.3) is 0 Å². The second kappa shape index (κ2) is 8.08. The van der Waals surface area contributed by atoms with Crippen LogP contribution in [0.25, 0.3) is 0 Å². The topological polar surface area (TPSA) is 61.8 Å². The minimum Gasteiger partial charge on any atom is -0.462 e. The first-order chi connectivity index (χ1) is 15.8. The van der Waals surface area contributed by atoms with Crippen molar-refractivity contribution in [2.75, 3.05) is 20.3 Å². The highest BCUT2D eigenvalue weighted by Gasteiger charge is 2.76. The quantitative estimate of drug-likeness (QED) is 0.453. The third-order valence-electron chi connectivity index (χ3n) is 10.0. The number of benzene rings is 1. The van der Waals surface area contributed by atoms with Gasteiger partial charge >= 0.3 is 11.9 Å². The van der Waals surface area contributed by atoms with E-state index in [2.05, 4.69) is 52.8 Å². The van der Waals surface area contributed by atoms with Crippen LogP contribution in [0.3, 0.4) is 0 Å². The number of hydrogen-bond donors (Lipinski definition) is 0. The Morgan fingerprint density at radius 3 is 1.97 bits per heavy atom. The van der Waals surface area contributed by atoms with E-state index < -0.39 is 22.4 Å². The molecule has 0 spiro atoms. The van der Waals surface area contributed by atoms with Crippen molar-refractivity contribution in [3.63, 3.8) is 0 Å². The summed E-state index contributed by atoms with van der Waals surface area (Å²) in [5.74, 6) is 0.623. The monoisotopic (exact) mass is 470 g/mol. The third-order valence-corrected chi connectivity index (χ3v) is 10.0. The Kier molecular flexibility index (Phi) is 5.99. The lowest BCUT2D eigenvalue weighted by molar-refractivity contribution is -0.183. The minimum atomic E-state index is -1.18. The zero-order chi connectivity index (χ0) is 25.3. The van der Waals surface area contributed by atoms with E-state index in [1.807, 2.05) is 20.8 Å². The lowest BCUT2D eigenvalue weighted by atomic mass is 9.66. The molecule has 5 atom stereocenters. The summed E-state index contributed by atoms with van der Waals surface area (Å²) in [6.07, 6.45) is 1.18. The Balaban J connectivity index is 1.58. The minimum absolute atomic E-state index is 0.130. The molecule has 0 radical (unpaired) electrons. The van der Waals surface area contributed by atoms with Gasteiger partial charge in [-0.15, -0.1) is 0 Å². The van der Waals surface area contributed by atoms with Crippen LogP contribution in [-0.4, -0.2) is 37.9 Å². The van der Waals surface area contributed by atoms with Gasteiger partial charge in [-0.1, -0.05) is 66.7 Å². The molecule has 0 N–H and O–H groups in total. The molecular formula is C29H42O5. The van der Waals surface area contributed by atoms with Gasteiger partial charge in [0.05, 0.1) is 18.6 Å². The van der Waals surface area contributed by atoms with Gasteiger partial charge < -0.3 is 14.2 Å². The van der Waals surface area contributed by atoms with Gasteiger partial charge in [0.2, 0.25) is 5.60 Å². The summed E-state index contributed by atoms with van der Waals surface area (Å²) in [6.45, 7) is 17.9. The van der Waals surface area contributed by atoms with Gasteiger partial charge in [-0.05, 0) is 54.2 Å². The molecule has 188 valence electrons. The lowest BCUT2D eigenvalue weighted by Crippen LogP contribution is -2.49. The van der Waals surface area contributed by atoms with Crippen molar-refractivity contribution >= 4 is 11.9 Å². The number of hydrogen-bond acceptors (Lipinski definition) is 5. The first kappa shape index (κ1) is 25.2. The predicted octanol–water partition coefficient (Wildman–Crippen LogP) is 5.75. The van der Waals surface area contributed by atoms with Crippen LogP contribution in [0.2, 0.25) is 0 Å². The molecule has 1 heterocycles. The average molecular weight is 471 g/mol. The fourth-order valence-electron chi connectivity index (χ4n) is 6.52. The van der Waals surface area contributed by atoms with Gasteiger partial charge in [0.1, 0.15) is 0 Å². The fraction of sp³-hybridized carbons (Fsp3) is 0.724. The smallest absolute Gasteiger partial charge is 0.351 e. The van der Waals surface area contributed by atoms with Crippen LogP contribution in [0, 0.1) is 22.7 Å². The normalized spacial score (nSPS) is 35.7. The Labute approximate surface area is 204 Å². The fourth-order valence-corrected chi connectivity index (χ4v) is 6.52. The average Bonchev–Trinajstić information content (AvgIpc) is 3.23. The van der Waals surface area contributed by atoms with Crippen LogP contribution in [0.1, 0.15) is 96.8 Å². The van der Waals surface area contributed by atoms with Crippen molar-refractivity contribution in [3.8, 4) is 0 Å². The maximum absolute atomic E-state index is 13.4. The largest absolute Gasteiger partial charge is 0.462 e. The summed E-state index contributed by atoms with van der Waals surface area (Å²) in [5, 5.41) is 0. The van der Waals surface area contributed by atoms with Crippen LogP contribution in [-0.2, 0) is 29.2 Å². The molecule has 0 amide bonds. The van der Waals surface area contributed by atoms with Crippen molar-refractivity contribution in [2.45, 2.75) is 91.1 Å². The molecule has 2 bridgehead atoms. The molecule has 1 aromatic carbocycles. The maximum Gasteiger partial charge on any atom is 0.351 e. The summed E-state index contributed by atoms with van der Waals surface area (Å²) in [7, 11) is 1.73. The molecule has 2 unspecified atom stereocenters. The molecule has 1 aromatic rings. The zero-order valence-electron chi connectivity index (χ0n) is 22.4. The molecule has 34 heavy (non-hydrogen) atoms. The number of carbonyl (C=O) groups excluding carboxylic acids is 2. The molecule has 2 aliphatic carbocycles. The number of methoxy groups -OCH3 is 1. The van der Waals surface area contributed by atoms with Gasteiger partial charge in [0, 0.05) is 23.9 Å². The molecule has 3 fully saturated rings. The van der Waals surface area contributed by atoms with Crippen molar-refractivity contribution in [2.24, 2.45) is 22.7 Å². The molecule has 1 aliphatic heterocycles. The van der Waals surface area contributed by atoms with Crippen molar-refractivity contribution in [3.05, 3.63) is 34.9 Å². The third kappa shape index (κ3) is 3.29. The van der Waals surface area contributed by atoms with E-state index in [0.29, 0.717) is 37.9 Å². The van der Waals surface area contributed by atoms with E-state index in [4.69, 9.17) is 14.2 Å². The van der Waals surface area contributed by atoms with Crippen molar-refractivity contribution in [1.82, 2.24) is 0 Å². The summed E-state index contributed by atoms with van der Waals surface area (Å²) < 4.78 is 17.3. The molecule has 0 aromatic heterocycles. The Bertz CT molecular complexity index is 968. The molecule has 2 saturated carbocycles. The second-order valence-corrected chi connectivity index (χ2v) is 12.4. The summed E-state index contributed by atoms with van der Waals surface area (Å²) in [5.41, 5.74) is 1.44. The molecule has 4 rings (SSSR count). The van der Waals surface area contributed by atoms with Gasteiger partial charge in [0.15, 0.2) is 0 Å². The van der Waals surface area contributed by atoms with E-state index in [0.717, 1.165) is 0 Å². The van der Waals surface area contributed by atoms with E-state index in [1.54, 1.807) is 7.11 Å². The number of ether oxygens (including phenoxy) is 3. The number of esters is 2. The summed E-state index contributed by atoms with van der Waals surface area (Å²) >= 11 is 0. The number of fused-ring (bicyclic) bond motifs is 2. The van der Waals surface area contributed by atoms with Gasteiger partial charge in [-0.2, -0.15) is 0 Å². The van der Waals surface area contributed by atoms with Crippen LogP contribution >= 0.6 is 0 Å². The van der Waals surface area contributed by atoms with Crippen molar-refractivity contribution in [1.29, 1.82) is 0 Å². The first-order valence-electron chi connectivity index (χ1n) is 12.8. The molecular weight excluding hydrogens is 428 g/mol. The highest BCUT2D eigenvalue weighted by atomic mass is 16.6. The predicted molar refractivity (Wildman–Crippen MR) is 132 cm³/mol. The zero-order valence-corrected chi connectivity index (χ0v) is 22.4.